The van der Waals surface area contributed by atoms with Crippen LogP contribution in [0.25, 0.3) is 0 Å². The number of nitrogens with zero attached hydrogens (tertiary/aromatic N) is 3. The molecule has 2 N–H and O–H groups in total. The van der Waals surface area contributed by atoms with Crippen molar-refractivity contribution in [2.75, 3.05) is 13.1 Å². The van der Waals surface area contributed by atoms with Gasteiger partial charge in [0.1, 0.15) is 4.90 Å². The van der Waals surface area contributed by atoms with Crippen LogP contribution in [-0.4, -0.2) is 41.6 Å². The fourth-order valence-electron chi connectivity index (χ4n) is 2.84. The van der Waals surface area contributed by atoms with Gasteiger partial charge in [-0.25, -0.2) is 8.42 Å². The molecular formula is C15H20N4O2S. The molecule has 22 heavy (non-hydrogen) atoms. The Kier molecular flexibility index (Phi) is 4.03. The molecule has 1 aliphatic rings. The molecule has 2 heterocycles. The van der Waals surface area contributed by atoms with Gasteiger partial charge in [0.25, 0.3) is 0 Å². The zero-order valence-corrected chi connectivity index (χ0v) is 13.3. The number of aromatic nitrogens is 2. The molecule has 0 saturated carbocycles. The second-order valence-electron chi connectivity index (χ2n) is 5.53. The number of rotatable bonds is 4. The second kappa shape index (κ2) is 5.83. The first-order valence-corrected chi connectivity index (χ1v) is 8.79. The Bertz CT molecular complexity index is 742. The van der Waals surface area contributed by atoms with Gasteiger partial charge >= 0.3 is 0 Å². The second-order valence-corrected chi connectivity index (χ2v) is 7.47. The lowest BCUT2D eigenvalue weighted by atomic mass is 9.95. The summed E-state index contributed by atoms with van der Waals surface area (Å²) in [7, 11) is -3.53. The molecule has 0 aliphatic carbocycles. The molecule has 0 unspecified atom stereocenters. The zero-order valence-electron chi connectivity index (χ0n) is 12.5. The minimum Gasteiger partial charge on any atom is -0.326 e. The minimum absolute atomic E-state index is 0.0252. The highest BCUT2D eigenvalue weighted by molar-refractivity contribution is 7.89. The van der Waals surface area contributed by atoms with Crippen LogP contribution < -0.4 is 5.73 Å². The third kappa shape index (κ3) is 2.67. The molecule has 0 radical (unpaired) electrons. The van der Waals surface area contributed by atoms with Gasteiger partial charge in [-0.3, -0.25) is 4.68 Å². The first-order valence-electron chi connectivity index (χ1n) is 7.35. The maximum atomic E-state index is 12.7. The van der Waals surface area contributed by atoms with E-state index >= 15 is 0 Å². The summed E-state index contributed by atoms with van der Waals surface area (Å²) in [5.74, 6) is 0.0252. The van der Waals surface area contributed by atoms with Gasteiger partial charge in [-0.15, -0.1) is 0 Å². The van der Waals surface area contributed by atoms with Gasteiger partial charge in [-0.2, -0.15) is 9.40 Å². The summed E-state index contributed by atoms with van der Waals surface area (Å²) < 4.78 is 28.5. The lowest BCUT2D eigenvalue weighted by molar-refractivity contribution is 0.470. The molecule has 1 aromatic carbocycles. The van der Waals surface area contributed by atoms with Crippen LogP contribution in [0.1, 0.15) is 18.4 Å². The largest absolute Gasteiger partial charge is 0.326 e. The number of hydrogen-bond donors (Lipinski definition) is 1. The normalized spacial score (nSPS) is 23.0. The number of hydrogen-bond acceptors (Lipinski definition) is 4. The van der Waals surface area contributed by atoms with Crippen molar-refractivity contribution in [2.45, 2.75) is 30.3 Å². The predicted molar refractivity (Wildman–Crippen MR) is 83.8 cm³/mol. The van der Waals surface area contributed by atoms with Crippen molar-refractivity contribution in [3.63, 3.8) is 0 Å². The van der Waals surface area contributed by atoms with Gasteiger partial charge in [-0.05, 0) is 12.5 Å². The van der Waals surface area contributed by atoms with E-state index in [2.05, 4.69) is 5.10 Å². The maximum absolute atomic E-state index is 12.7. The molecule has 2 atom stereocenters. The molecule has 1 saturated heterocycles. The van der Waals surface area contributed by atoms with Crippen LogP contribution in [0.15, 0.2) is 47.6 Å². The average molecular weight is 320 g/mol. The van der Waals surface area contributed by atoms with Crippen molar-refractivity contribution in [2.24, 2.45) is 5.73 Å². The maximum Gasteiger partial charge on any atom is 0.246 e. The fraction of sp³-hybridized carbons (Fsp3) is 0.400. The van der Waals surface area contributed by atoms with Gasteiger partial charge in [-0.1, -0.05) is 30.3 Å². The quantitative estimate of drug-likeness (QED) is 0.912. The molecule has 6 nitrogen and oxygen atoms in total. The summed E-state index contributed by atoms with van der Waals surface area (Å²) in [6, 6.07) is 9.64. The number of aryl methyl sites for hydroxylation is 1. The SMILES string of the molecule is CCn1cc(S(=O)(=O)N2C[C@@H](N)[C@H](c3ccccc3)C2)cn1. The molecule has 1 aliphatic heterocycles. The van der Waals surface area contributed by atoms with E-state index in [1.54, 1.807) is 10.9 Å². The molecule has 0 bridgehead atoms. The van der Waals surface area contributed by atoms with E-state index in [0.29, 0.717) is 19.6 Å². The number of sulfonamides is 1. The van der Waals surface area contributed by atoms with E-state index in [1.165, 1.54) is 10.5 Å². The lowest BCUT2D eigenvalue weighted by Gasteiger charge is -2.15. The Morgan fingerprint density at radius 3 is 2.64 bits per heavy atom. The first kappa shape index (κ1) is 15.2. The van der Waals surface area contributed by atoms with E-state index in [1.807, 2.05) is 37.3 Å². The number of nitrogens with two attached hydrogens (primary N) is 1. The van der Waals surface area contributed by atoms with E-state index < -0.39 is 10.0 Å². The molecule has 0 spiro atoms. The zero-order chi connectivity index (χ0) is 15.7. The van der Waals surface area contributed by atoms with Crippen LogP contribution >= 0.6 is 0 Å². The molecule has 7 heteroatoms. The molecule has 118 valence electrons. The summed E-state index contributed by atoms with van der Waals surface area (Å²) >= 11 is 0. The average Bonchev–Trinajstić information content (AvgIpc) is 3.15. The summed E-state index contributed by atoms with van der Waals surface area (Å²) in [5, 5.41) is 4.05. The fourth-order valence-corrected chi connectivity index (χ4v) is 4.30. The Labute approximate surface area is 130 Å². The smallest absolute Gasteiger partial charge is 0.246 e. The standard InChI is InChI=1S/C15H20N4O2S/c1-2-18-9-13(8-17-18)22(20,21)19-10-14(15(16)11-19)12-6-4-3-5-7-12/h3-9,14-15H,2,10-11,16H2,1H3/t14-,15+/m0/s1. The Morgan fingerprint density at radius 2 is 2.00 bits per heavy atom. The Hall–Kier alpha value is -1.70. The van der Waals surface area contributed by atoms with Crippen LogP contribution in [0.5, 0.6) is 0 Å². The topological polar surface area (TPSA) is 81.2 Å². The monoisotopic (exact) mass is 320 g/mol. The van der Waals surface area contributed by atoms with Crippen molar-refractivity contribution >= 4 is 10.0 Å². The first-order chi connectivity index (χ1) is 10.5. The molecule has 1 fully saturated rings. The van der Waals surface area contributed by atoms with Gasteiger partial charge in [0.2, 0.25) is 10.0 Å². The molecule has 0 amide bonds. The highest BCUT2D eigenvalue weighted by Crippen LogP contribution is 2.30. The molecule has 3 rings (SSSR count). The third-order valence-electron chi connectivity index (χ3n) is 4.13. The van der Waals surface area contributed by atoms with Crippen LogP contribution in [-0.2, 0) is 16.6 Å². The Balaban J connectivity index is 1.84. The summed E-state index contributed by atoms with van der Waals surface area (Å²) in [4.78, 5) is 0.232. The highest BCUT2D eigenvalue weighted by atomic mass is 32.2. The lowest BCUT2D eigenvalue weighted by Crippen LogP contribution is -2.32. The van der Waals surface area contributed by atoms with E-state index in [-0.39, 0.29) is 16.9 Å². The summed E-state index contributed by atoms with van der Waals surface area (Å²) in [6.45, 7) is 3.30. The van der Waals surface area contributed by atoms with Crippen molar-refractivity contribution in [3.05, 3.63) is 48.3 Å². The van der Waals surface area contributed by atoms with Crippen LogP contribution in [0.4, 0.5) is 0 Å². The summed E-state index contributed by atoms with van der Waals surface area (Å²) in [5.41, 5.74) is 7.26. The predicted octanol–water partition coefficient (Wildman–Crippen LogP) is 1.02. The molecule has 1 aromatic heterocycles. The van der Waals surface area contributed by atoms with E-state index in [9.17, 15) is 8.42 Å². The number of benzene rings is 1. The van der Waals surface area contributed by atoms with Crippen LogP contribution in [0.2, 0.25) is 0 Å². The third-order valence-corrected chi connectivity index (χ3v) is 5.92. The van der Waals surface area contributed by atoms with E-state index in [4.69, 9.17) is 5.73 Å². The highest BCUT2D eigenvalue weighted by Gasteiger charge is 2.38. The van der Waals surface area contributed by atoms with Crippen molar-refractivity contribution < 1.29 is 8.42 Å². The van der Waals surface area contributed by atoms with Gasteiger partial charge < -0.3 is 5.73 Å². The van der Waals surface area contributed by atoms with Crippen LogP contribution in [0.3, 0.4) is 0 Å². The van der Waals surface area contributed by atoms with Gasteiger partial charge in [0.15, 0.2) is 0 Å². The van der Waals surface area contributed by atoms with Crippen molar-refractivity contribution in [3.8, 4) is 0 Å². The van der Waals surface area contributed by atoms with Crippen molar-refractivity contribution in [1.82, 2.24) is 14.1 Å². The van der Waals surface area contributed by atoms with E-state index in [0.717, 1.165) is 5.56 Å². The molecule has 2 aromatic rings. The van der Waals surface area contributed by atoms with Gasteiger partial charge in [0.05, 0.1) is 6.20 Å². The summed E-state index contributed by atoms with van der Waals surface area (Å²) in [6.07, 6.45) is 2.97. The minimum atomic E-state index is -3.53. The van der Waals surface area contributed by atoms with Crippen LogP contribution in [0, 0.1) is 0 Å². The van der Waals surface area contributed by atoms with Gasteiger partial charge in [0, 0.05) is 37.8 Å². The Morgan fingerprint density at radius 1 is 1.27 bits per heavy atom. The molecular weight excluding hydrogens is 300 g/mol. The van der Waals surface area contributed by atoms with Crippen molar-refractivity contribution in [1.29, 1.82) is 0 Å².